The average Bonchev–Trinajstić information content (AvgIpc) is 3.01. The molecule has 20 heavy (non-hydrogen) atoms. The van der Waals surface area contributed by atoms with Gasteiger partial charge in [-0.1, -0.05) is 12.1 Å². The Hall–Kier alpha value is -0.620. The maximum atomic E-state index is 12.3. The van der Waals surface area contributed by atoms with Crippen molar-refractivity contribution in [1.29, 1.82) is 0 Å². The summed E-state index contributed by atoms with van der Waals surface area (Å²) in [6.45, 7) is 0. The van der Waals surface area contributed by atoms with Gasteiger partial charge in [0.2, 0.25) is 10.0 Å². The van der Waals surface area contributed by atoms with Crippen molar-refractivity contribution in [1.82, 2.24) is 4.72 Å². The van der Waals surface area contributed by atoms with Crippen molar-refractivity contribution in [3.63, 3.8) is 0 Å². The highest BCUT2D eigenvalue weighted by atomic mass is 35.5. The Bertz CT molecular complexity index is 573. The van der Waals surface area contributed by atoms with Crippen LogP contribution < -0.4 is 4.72 Å². The lowest BCUT2D eigenvalue weighted by Crippen LogP contribution is -2.41. The third-order valence-corrected chi connectivity index (χ3v) is 5.72. The average molecular weight is 316 g/mol. The number of alkyl halides is 1. The monoisotopic (exact) mass is 315 g/mol. The first-order valence-corrected chi connectivity index (χ1v) is 8.93. The molecule has 1 aromatic rings. The van der Waals surface area contributed by atoms with E-state index in [9.17, 15) is 8.42 Å². The predicted octanol–water partition coefficient (Wildman–Crippen LogP) is 2.07. The van der Waals surface area contributed by atoms with E-state index in [1.165, 1.54) is 0 Å². The Morgan fingerprint density at radius 1 is 1.25 bits per heavy atom. The molecule has 6 heteroatoms. The molecular weight excluding hydrogens is 298 g/mol. The lowest BCUT2D eigenvalue weighted by molar-refractivity contribution is 0.0996. The standard InChI is InChI=1S/C14H18ClNO3S/c15-8-7-10-1-4-12(5-2-10)20(17,18)16-13-9-11-3-6-14(13)19-11/h1-2,4-5,11,13-14,16H,3,6-9H2. The van der Waals surface area contributed by atoms with Crippen LogP contribution in [0, 0.1) is 0 Å². The van der Waals surface area contributed by atoms with Crippen LogP contribution in [0.5, 0.6) is 0 Å². The van der Waals surface area contributed by atoms with E-state index >= 15 is 0 Å². The zero-order valence-electron chi connectivity index (χ0n) is 11.1. The van der Waals surface area contributed by atoms with Crippen molar-refractivity contribution < 1.29 is 13.2 Å². The second-order valence-electron chi connectivity index (χ2n) is 5.42. The molecule has 3 rings (SSSR count). The Morgan fingerprint density at radius 3 is 2.55 bits per heavy atom. The normalized spacial score (nSPS) is 28.9. The Kier molecular flexibility index (Phi) is 4.04. The molecule has 1 N–H and O–H groups in total. The van der Waals surface area contributed by atoms with Gasteiger partial charge in [0.15, 0.2) is 0 Å². The van der Waals surface area contributed by atoms with Gasteiger partial charge in [-0.15, -0.1) is 11.6 Å². The molecule has 1 aromatic carbocycles. The molecule has 2 aliphatic heterocycles. The van der Waals surface area contributed by atoms with Gasteiger partial charge in [0.05, 0.1) is 23.1 Å². The van der Waals surface area contributed by atoms with Crippen LogP contribution in [0.1, 0.15) is 24.8 Å². The first-order chi connectivity index (χ1) is 9.58. The minimum Gasteiger partial charge on any atom is -0.373 e. The van der Waals surface area contributed by atoms with Crippen molar-refractivity contribution >= 4 is 21.6 Å². The number of benzene rings is 1. The highest BCUT2D eigenvalue weighted by Gasteiger charge is 2.42. The molecule has 0 radical (unpaired) electrons. The minimum absolute atomic E-state index is 0.0466. The summed E-state index contributed by atoms with van der Waals surface area (Å²) < 4.78 is 33.1. The molecule has 0 aromatic heterocycles. The molecule has 3 unspecified atom stereocenters. The second kappa shape index (κ2) is 5.64. The number of aryl methyl sites for hydroxylation is 1. The fraction of sp³-hybridized carbons (Fsp3) is 0.571. The quantitative estimate of drug-likeness (QED) is 0.846. The van der Waals surface area contributed by atoms with Gasteiger partial charge in [-0.2, -0.15) is 0 Å². The van der Waals surface area contributed by atoms with Gasteiger partial charge in [-0.25, -0.2) is 13.1 Å². The fourth-order valence-electron chi connectivity index (χ4n) is 2.97. The van der Waals surface area contributed by atoms with Gasteiger partial charge >= 0.3 is 0 Å². The van der Waals surface area contributed by atoms with E-state index in [-0.39, 0.29) is 18.2 Å². The summed E-state index contributed by atoms with van der Waals surface area (Å²) in [7, 11) is -3.46. The topological polar surface area (TPSA) is 55.4 Å². The summed E-state index contributed by atoms with van der Waals surface area (Å²) in [5, 5.41) is 0. The van der Waals surface area contributed by atoms with Crippen LogP contribution in [0.25, 0.3) is 0 Å². The van der Waals surface area contributed by atoms with Crippen molar-refractivity contribution in [2.45, 2.75) is 48.8 Å². The van der Waals surface area contributed by atoms with Crippen LogP contribution in [-0.4, -0.2) is 32.5 Å². The van der Waals surface area contributed by atoms with Gasteiger partial charge in [0.1, 0.15) is 0 Å². The fourth-order valence-corrected chi connectivity index (χ4v) is 4.47. The number of hydrogen-bond donors (Lipinski definition) is 1. The lowest BCUT2D eigenvalue weighted by atomic mass is 9.96. The zero-order valence-corrected chi connectivity index (χ0v) is 12.7. The molecule has 110 valence electrons. The van der Waals surface area contributed by atoms with Gasteiger partial charge < -0.3 is 4.74 Å². The number of ether oxygens (including phenoxy) is 1. The first-order valence-electron chi connectivity index (χ1n) is 6.91. The van der Waals surface area contributed by atoms with E-state index in [0.717, 1.165) is 31.2 Å². The van der Waals surface area contributed by atoms with E-state index in [0.29, 0.717) is 10.8 Å². The van der Waals surface area contributed by atoms with Crippen LogP contribution in [0.2, 0.25) is 0 Å². The van der Waals surface area contributed by atoms with Crippen molar-refractivity contribution in [3.8, 4) is 0 Å². The number of rotatable bonds is 5. The SMILES string of the molecule is O=S(=O)(NC1CC2CCC1O2)c1ccc(CCCl)cc1. The number of halogens is 1. The molecule has 3 atom stereocenters. The molecule has 2 saturated heterocycles. The lowest BCUT2D eigenvalue weighted by Gasteiger charge is -2.20. The van der Waals surface area contributed by atoms with E-state index in [4.69, 9.17) is 16.3 Å². The third kappa shape index (κ3) is 2.86. The summed E-state index contributed by atoms with van der Waals surface area (Å²) >= 11 is 5.67. The molecular formula is C14H18ClNO3S. The summed E-state index contributed by atoms with van der Waals surface area (Å²) in [6, 6.07) is 6.82. The number of nitrogens with one attached hydrogen (secondary N) is 1. The van der Waals surface area contributed by atoms with Crippen LogP contribution >= 0.6 is 11.6 Å². The molecule has 2 fully saturated rings. The molecule has 4 nitrogen and oxygen atoms in total. The molecule has 0 saturated carbocycles. The summed E-state index contributed by atoms with van der Waals surface area (Å²) in [5.41, 5.74) is 1.04. The van der Waals surface area contributed by atoms with Gasteiger partial charge in [-0.05, 0) is 43.4 Å². The summed E-state index contributed by atoms with van der Waals surface area (Å²) in [4.78, 5) is 0.304. The van der Waals surface area contributed by atoms with E-state index in [2.05, 4.69) is 4.72 Å². The van der Waals surface area contributed by atoms with Crippen molar-refractivity contribution in [3.05, 3.63) is 29.8 Å². The molecule has 2 aliphatic rings. The Balaban J connectivity index is 1.71. The van der Waals surface area contributed by atoms with E-state index < -0.39 is 10.0 Å². The highest BCUT2D eigenvalue weighted by Crippen LogP contribution is 2.35. The van der Waals surface area contributed by atoms with Crippen LogP contribution in [0.3, 0.4) is 0 Å². The summed E-state index contributed by atoms with van der Waals surface area (Å²) in [6.07, 6.45) is 3.82. The van der Waals surface area contributed by atoms with Gasteiger partial charge in [0, 0.05) is 5.88 Å². The van der Waals surface area contributed by atoms with Crippen LogP contribution in [-0.2, 0) is 21.2 Å². The second-order valence-corrected chi connectivity index (χ2v) is 7.51. The maximum absolute atomic E-state index is 12.3. The highest BCUT2D eigenvalue weighted by molar-refractivity contribution is 7.89. The molecule has 0 aliphatic carbocycles. The maximum Gasteiger partial charge on any atom is 0.240 e. The van der Waals surface area contributed by atoms with Crippen LogP contribution in [0.4, 0.5) is 0 Å². The number of hydrogen-bond acceptors (Lipinski definition) is 3. The van der Waals surface area contributed by atoms with Crippen molar-refractivity contribution in [2.24, 2.45) is 0 Å². The summed E-state index contributed by atoms with van der Waals surface area (Å²) in [5.74, 6) is 0.535. The predicted molar refractivity (Wildman–Crippen MR) is 77.5 cm³/mol. The molecule has 0 amide bonds. The Labute approximate surface area is 124 Å². The van der Waals surface area contributed by atoms with Crippen LogP contribution in [0.15, 0.2) is 29.2 Å². The smallest absolute Gasteiger partial charge is 0.240 e. The van der Waals surface area contributed by atoms with Crippen molar-refractivity contribution in [2.75, 3.05) is 5.88 Å². The first kappa shape index (κ1) is 14.3. The third-order valence-electron chi connectivity index (χ3n) is 4.03. The zero-order chi connectivity index (χ0) is 14.2. The van der Waals surface area contributed by atoms with E-state index in [1.54, 1.807) is 12.1 Å². The van der Waals surface area contributed by atoms with Gasteiger partial charge in [0.25, 0.3) is 0 Å². The minimum atomic E-state index is -3.46. The van der Waals surface area contributed by atoms with E-state index in [1.807, 2.05) is 12.1 Å². The Morgan fingerprint density at radius 2 is 2.00 bits per heavy atom. The molecule has 2 bridgehead atoms. The number of fused-ring (bicyclic) bond motifs is 2. The molecule has 0 spiro atoms. The number of sulfonamides is 1. The molecule has 2 heterocycles. The largest absolute Gasteiger partial charge is 0.373 e. The van der Waals surface area contributed by atoms with Gasteiger partial charge in [-0.3, -0.25) is 0 Å².